The van der Waals surface area contributed by atoms with E-state index < -0.39 is 0 Å². The molecule has 142 valence electrons. The van der Waals surface area contributed by atoms with Crippen LogP contribution in [-0.2, 0) is 0 Å². The zero-order valence-corrected chi connectivity index (χ0v) is 15.7. The third-order valence-corrected chi connectivity index (χ3v) is 4.63. The first-order chi connectivity index (χ1) is 14.3. The summed E-state index contributed by atoms with van der Waals surface area (Å²) in [6, 6.07) is 21.6. The van der Waals surface area contributed by atoms with E-state index in [0.717, 1.165) is 44.7 Å². The summed E-state index contributed by atoms with van der Waals surface area (Å²) in [5.41, 5.74) is 3.61. The van der Waals surface area contributed by atoms with Crippen molar-refractivity contribution in [3.63, 3.8) is 0 Å². The van der Waals surface area contributed by atoms with Gasteiger partial charge in [0.05, 0.1) is 24.3 Å². The molecule has 5 rings (SSSR count). The van der Waals surface area contributed by atoms with Crippen LogP contribution in [-0.4, -0.2) is 27.3 Å². The number of ether oxygens (including phenoxy) is 1. The van der Waals surface area contributed by atoms with E-state index in [2.05, 4.69) is 25.8 Å². The fourth-order valence-corrected chi connectivity index (χ4v) is 3.21. The van der Waals surface area contributed by atoms with E-state index in [1.165, 1.54) is 0 Å². The fourth-order valence-electron chi connectivity index (χ4n) is 3.21. The molecule has 3 aromatic carbocycles. The number of hydrogen-bond donors (Lipinski definition) is 3. The third kappa shape index (κ3) is 3.41. The summed E-state index contributed by atoms with van der Waals surface area (Å²) in [7, 11) is 1.64. The number of methoxy groups -OCH3 is 1. The number of aromatic nitrogens is 4. The molecule has 7 nitrogen and oxygen atoms in total. The van der Waals surface area contributed by atoms with E-state index in [-0.39, 0.29) is 0 Å². The van der Waals surface area contributed by atoms with E-state index in [0.29, 0.717) is 5.95 Å². The second-order valence-electron chi connectivity index (χ2n) is 6.57. The Morgan fingerprint density at radius 1 is 0.862 bits per heavy atom. The molecule has 2 aromatic heterocycles. The Kier molecular flexibility index (Phi) is 4.18. The largest absolute Gasteiger partial charge is 0.497 e. The Morgan fingerprint density at radius 3 is 2.69 bits per heavy atom. The molecule has 29 heavy (non-hydrogen) atoms. The van der Waals surface area contributed by atoms with E-state index in [1.54, 1.807) is 13.3 Å². The first-order valence-corrected chi connectivity index (χ1v) is 9.16. The standard InChI is InChI=1S/C22H18N6O/c1-29-17-6-4-5-15(12-17)25-22-26-20-8-3-2-7-18(20)21(27-22)24-16-9-10-19-14(11-16)13-23-28-19/h2-13H,1H3,(H,23,28)(H2,24,25,26,27). The smallest absolute Gasteiger partial charge is 0.229 e. The number of para-hydroxylation sites is 1. The molecule has 0 saturated carbocycles. The average molecular weight is 382 g/mol. The molecular formula is C22H18N6O. The maximum absolute atomic E-state index is 5.29. The van der Waals surface area contributed by atoms with E-state index in [9.17, 15) is 0 Å². The monoisotopic (exact) mass is 382 g/mol. The SMILES string of the molecule is COc1cccc(Nc2nc(Nc3ccc4[nH]ncc4c3)c3ccccc3n2)c1. The zero-order chi connectivity index (χ0) is 19.6. The highest BCUT2D eigenvalue weighted by Crippen LogP contribution is 2.28. The normalized spacial score (nSPS) is 10.9. The maximum Gasteiger partial charge on any atom is 0.229 e. The van der Waals surface area contributed by atoms with Gasteiger partial charge in [-0.2, -0.15) is 10.1 Å². The minimum absolute atomic E-state index is 0.504. The van der Waals surface area contributed by atoms with Crippen molar-refractivity contribution in [3.8, 4) is 5.75 Å². The van der Waals surface area contributed by atoms with Crippen LogP contribution in [0.4, 0.5) is 23.1 Å². The van der Waals surface area contributed by atoms with Crippen LogP contribution in [0.3, 0.4) is 0 Å². The lowest BCUT2D eigenvalue weighted by Gasteiger charge is -2.12. The molecule has 0 aliphatic carbocycles. The van der Waals surface area contributed by atoms with Gasteiger partial charge in [0.2, 0.25) is 5.95 Å². The van der Waals surface area contributed by atoms with Crippen molar-refractivity contribution in [1.29, 1.82) is 0 Å². The number of hydrogen-bond acceptors (Lipinski definition) is 6. The van der Waals surface area contributed by atoms with Crippen molar-refractivity contribution in [3.05, 3.63) is 72.9 Å². The number of H-pyrrole nitrogens is 1. The Balaban J connectivity index is 1.54. The van der Waals surface area contributed by atoms with Crippen LogP contribution in [0.5, 0.6) is 5.75 Å². The maximum atomic E-state index is 5.29. The number of fused-ring (bicyclic) bond motifs is 2. The molecule has 0 radical (unpaired) electrons. The summed E-state index contributed by atoms with van der Waals surface area (Å²) in [5.74, 6) is 2.00. The van der Waals surface area contributed by atoms with E-state index in [4.69, 9.17) is 9.72 Å². The lowest BCUT2D eigenvalue weighted by molar-refractivity contribution is 0.415. The first-order valence-electron chi connectivity index (χ1n) is 9.16. The molecule has 0 aliphatic rings. The topological polar surface area (TPSA) is 87.8 Å². The molecule has 0 amide bonds. The van der Waals surface area contributed by atoms with Gasteiger partial charge in [-0.25, -0.2) is 4.98 Å². The number of nitrogens with one attached hydrogen (secondary N) is 3. The quantitative estimate of drug-likeness (QED) is 0.396. The van der Waals surface area contributed by atoms with Crippen LogP contribution in [0, 0.1) is 0 Å². The molecular weight excluding hydrogens is 364 g/mol. The second-order valence-corrected chi connectivity index (χ2v) is 6.57. The van der Waals surface area contributed by atoms with Crippen molar-refractivity contribution >= 4 is 44.9 Å². The van der Waals surface area contributed by atoms with Crippen LogP contribution < -0.4 is 15.4 Å². The van der Waals surface area contributed by atoms with Gasteiger partial charge in [-0.15, -0.1) is 0 Å². The van der Waals surface area contributed by atoms with Crippen molar-refractivity contribution in [1.82, 2.24) is 20.2 Å². The highest BCUT2D eigenvalue weighted by molar-refractivity contribution is 5.93. The molecule has 0 spiro atoms. The van der Waals surface area contributed by atoms with Gasteiger partial charge in [0.25, 0.3) is 0 Å². The Hall–Kier alpha value is -4.13. The summed E-state index contributed by atoms with van der Waals surface area (Å²) in [6.45, 7) is 0. The predicted molar refractivity (Wildman–Crippen MR) is 115 cm³/mol. The van der Waals surface area contributed by atoms with Crippen molar-refractivity contribution in [2.75, 3.05) is 17.7 Å². The minimum atomic E-state index is 0.504. The van der Waals surface area contributed by atoms with Gasteiger partial charge < -0.3 is 15.4 Å². The van der Waals surface area contributed by atoms with Gasteiger partial charge in [-0.3, -0.25) is 5.10 Å². The summed E-state index contributed by atoms with van der Waals surface area (Å²) in [5, 5.41) is 15.7. The van der Waals surface area contributed by atoms with Crippen LogP contribution in [0.25, 0.3) is 21.8 Å². The van der Waals surface area contributed by atoms with Gasteiger partial charge >= 0.3 is 0 Å². The molecule has 2 heterocycles. The summed E-state index contributed by atoms with van der Waals surface area (Å²) in [4.78, 5) is 9.37. The van der Waals surface area contributed by atoms with Gasteiger partial charge in [-0.1, -0.05) is 18.2 Å². The third-order valence-electron chi connectivity index (χ3n) is 4.63. The lowest BCUT2D eigenvalue weighted by Crippen LogP contribution is -2.02. The lowest BCUT2D eigenvalue weighted by atomic mass is 10.2. The zero-order valence-electron chi connectivity index (χ0n) is 15.7. The Morgan fingerprint density at radius 2 is 1.76 bits per heavy atom. The fraction of sp³-hybridized carbons (Fsp3) is 0.0455. The molecule has 5 aromatic rings. The summed E-state index contributed by atoms with van der Waals surface area (Å²) < 4.78 is 5.29. The van der Waals surface area contributed by atoms with Crippen molar-refractivity contribution < 1.29 is 4.74 Å². The van der Waals surface area contributed by atoms with Crippen molar-refractivity contribution in [2.45, 2.75) is 0 Å². The highest BCUT2D eigenvalue weighted by Gasteiger charge is 2.09. The summed E-state index contributed by atoms with van der Waals surface area (Å²) in [6.07, 6.45) is 1.80. The molecule has 0 bridgehead atoms. The highest BCUT2D eigenvalue weighted by atomic mass is 16.5. The van der Waals surface area contributed by atoms with Gasteiger partial charge in [-0.05, 0) is 42.5 Å². The average Bonchev–Trinajstić information content (AvgIpc) is 3.22. The molecule has 0 unspecified atom stereocenters. The van der Waals surface area contributed by atoms with Gasteiger partial charge in [0.1, 0.15) is 11.6 Å². The van der Waals surface area contributed by atoms with E-state index in [1.807, 2.05) is 66.7 Å². The van der Waals surface area contributed by atoms with Gasteiger partial charge in [0.15, 0.2) is 0 Å². The Bertz CT molecular complexity index is 1310. The van der Waals surface area contributed by atoms with Crippen LogP contribution >= 0.6 is 0 Å². The number of anilines is 4. The molecule has 0 fully saturated rings. The summed E-state index contributed by atoms with van der Waals surface area (Å²) >= 11 is 0. The van der Waals surface area contributed by atoms with Gasteiger partial charge in [0, 0.05) is 28.2 Å². The van der Waals surface area contributed by atoms with Crippen LogP contribution in [0.2, 0.25) is 0 Å². The minimum Gasteiger partial charge on any atom is -0.497 e. The van der Waals surface area contributed by atoms with Crippen LogP contribution in [0.15, 0.2) is 72.9 Å². The number of nitrogens with zero attached hydrogens (tertiary/aromatic N) is 3. The first kappa shape index (κ1) is 17.0. The molecule has 3 N–H and O–H groups in total. The second kappa shape index (κ2) is 7.12. The molecule has 0 atom stereocenters. The number of rotatable bonds is 5. The molecule has 0 saturated heterocycles. The van der Waals surface area contributed by atoms with E-state index >= 15 is 0 Å². The predicted octanol–water partition coefficient (Wildman–Crippen LogP) is 5.00. The molecule has 7 heteroatoms. The molecule has 0 aliphatic heterocycles. The number of aromatic amines is 1. The van der Waals surface area contributed by atoms with Crippen LogP contribution in [0.1, 0.15) is 0 Å². The number of benzene rings is 3. The van der Waals surface area contributed by atoms with Crippen molar-refractivity contribution in [2.24, 2.45) is 0 Å². The Labute approximate surface area is 166 Å².